The fourth-order valence-corrected chi connectivity index (χ4v) is 7.11. The zero-order chi connectivity index (χ0) is 31.2. The predicted molar refractivity (Wildman–Crippen MR) is 201 cm³/mol. The Morgan fingerprint density at radius 2 is 0.349 bits per heavy atom. The van der Waals surface area contributed by atoms with Gasteiger partial charge in [-0.2, -0.15) is 0 Å². The van der Waals surface area contributed by atoms with Gasteiger partial charge in [-0.3, -0.25) is 0 Å². The highest BCUT2D eigenvalue weighted by atomic mass is 14.1. The summed E-state index contributed by atoms with van der Waals surface area (Å²) >= 11 is 0. The molecule has 0 aromatic carbocycles. The van der Waals surface area contributed by atoms with Crippen molar-refractivity contribution in [3.8, 4) is 0 Å². The molecule has 0 fully saturated rings. The van der Waals surface area contributed by atoms with E-state index in [1.165, 1.54) is 250 Å². The smallest absolute Gasteiger partial charge is 0.0443 e. The van der Waals surface area contributed by atoms with E-state index in [0.29, 0.717) is 0 Å². The minimum atomic E-state index is 0.965. The summed E-state index contributed by atoms with van der Waals surface area (Å²) in [7, 11) is 0. The maximum absolute atomic E-state index is 2.52. The summed E-state index contributed by atoms with van der Waals surface area (Å²) in [5, 5.41) is 0. The molecule has 260 valence electrons. The Kier molecular flexibility index (Phi) is 40.0. The monoisotopic (exact) mass is 605 g/mol. The van der Waals surface area contributed by atoms with E-state index < -0.39 is 0 Å². The summed E-state index contributed by atoms with van der Waals surface area (Å²) in [4.78, 5) is 0. The van der Waals surface area contributed by atoms with Gasteiger partial charge in [0.25, 0.3) is 0 Å². The highest BCUT2D eigenvalue weighted by molar-refractivity contribution is 4.57. The first-order chi connectivity index (χ1) is 21.3. The molecule has 0 rings (SSSR count). The van der Waals surface area contributed by atoms with Crippen LogP contribution in [0.5, 0.6) is 0 Å². The molecule has 0 aliphatic carbocycles. The molecule has 0 heteroatoms. The molecule has 0 aromatic heterocycles. The van der Waals surface area contributed by atoms with Crippen molar-refractivity contribution < 1.29 is 0 Å². The Hall–Kier alpha value is 0. The summed E-state index contributed by atoms with van der Waals surface area (Å²) in [5.41, 5.74) is 0. The van der Waals surface area contributed by atoms with Gasteiger partial charge < -0.3 is 0 Å². The summed E-state index contributed by atoms with van der Waals surface area (Å²) in [5.74, 6) is 0.965. The van der Waals surface area contributed by atoms with E-state index in [4.69, 9.17) is 0 Å². The van der Waals surface area contributed by atoms with Gasteiger partial charge in [0.15, 0.2) is 0 Å². The molecule has 0 heterocycles. The van der Waals surface area contributed by atoms with E-state index in [1.807, 2.05) is 0 Å². The van der Waals surface area contributed by atoms with Crippen molar-refractivity contribution in [2.45, 2.75) is 271 Å². The van der Waals surface area contributed by atoms with E-state index >= 15 is 0 Å². The zero-order valence-corrected chi connectivity index (χ0v) is 31.2. The molecule has 43 heavy (non-hydrogen) atoms. The van der Waals surface area contributed by atoms with Crippen LogP contribution in [0.4, 0.5) is 0 Å². The number of unbranched alkanes of at least 4 members (excludes halogenated alkanes) is 35. The lowest BCUT2D eigenvalue weighted by atomic mass is 9.95. The van der Waals surface area contributed by atoms with Gasteiger partial charge in [0, 0.05) is 0 Å². The van der Waals surface area contributed by atoms with Gasteiger partial charge in [-0.05, 0) is 5.92 Å². The van der Waals surface area contributed by atoms with Crippen LogP contribution < -0.4 is 0 Å². The minimum Gasteiger partial charge on any atom is -0.0654 e. The van der Waals surface area contributed by atoms with Gasteiger partial charge in [-0.25, -0.2) is 0 Å². The van der Waals surface area contributed by atoms with Gasteiger partial charge in [0.2, 0.25) is 0 Å². The molecule has 0 amide bonds. The van der Waals surface area contributed by atoms with Crippen LogP contribution in [0, 0.1) is 5.92 Å². The van der Waals surface area contributed by atoms with Gasteiger partial charge in [-0.1, -0.05) is 271 Å². The topological polar surface area (TPSA) is 0 Å². The lowest BCUT2D eigenvalue weighted by Gasteiger charge is -2.11. The van der Waals surface area contributed by atoms with Crippen molar-refractivity contribution in [1.29, 1.82) is 0 Å². The highest BCUT2D eigenvalue weighted by Gasteiger charge is 2.03. The van der Waals surface area contributed by atoms with Crippen LogP contribution in [-0.2, 0) is 0 Å². The molecule has 0 saturated carbocycles. The van der Waals surface area contributed by atoms with Crippen LogP contribution in [-0.4, -0.2) is 0 Å². The number of hydrogen-bond acceptors (Lipinski definition) is 0. The van der Waals surface area contributed by atoms with E-state index in [0.717, 1.165) is 5.92 Å². The second-order valence-corrected chi connectivity index (χ2v) is 15.1. The van der Waals surface area contributed by atoms with Crippen LogP contribution in [0.1, 0.15) is 271 Å². The summed E-state index contributed by atoms with van der Waals surface area (Å²) in [6.07, 6.45) is 57.7. The van der Waals surface area contributed by atoms with Crippen LogP contribution >= 0.6 is 0 Å². The average Bonchev–Trinajstić information content (AvgIpc) is 3.01. The number of hydrogen-bond donors (Lipinski definition) is 0. The van der Waals surface area contributed by atoms with E-state index in [2.05, 4.69) is 20.8 Å². The third-order valence-corrected chi connectivity index (χ3v) is 10.4. The summed E-state index contributed by atoms with van der Waals surface area (Å²) < 4.78 is 0. The Labute approximate surface area is 276 Å². The van der Waals surface area contributed by atoms with Crippen molar-refractivity contribution in [3.63, 3.8) is 0 Å². The molecule has 0 aliphatic heterocycles. The SMILES string of the molecule is CCCCCCCCCCCCCCCCCCCCCCC(C)CCCCCCCCCCCCCCCCCCC. The third-order valence-electron chi connectivity index (χ3n) is 10.4. The van der Waals surface area contributed by atoms with Crippen molar-refractivity contribution in [2.75, 3.05) is 0 Å². The molecule has 0 aliphatic rings. The molecule has 0 saturated heterocycles. The van der Waals surface area contributed by atoms with Crippen molar-refractivity contribution in [3.05, 3.63) is 0 Å². The molecule has 1 unspecified atom stereocenters. The maximum Gasteiger partial charge on any atom is -0.0443 e. The average molecular weight is 605 g/mol. The predicted octanol–water partition coefficient (Wildman–Crippen LogP) is 16.9. The molecule has 0 N–H and O–H groups in total. The first-order valence-corrected chi connectivity index (χ1v) is 21.3. The Morgan fingerprint density at radius 1 is 0.209 bits per heavy atom. The molecule has 0 aromatic rings. The summed E-state index contributed by atoms with van der Waals surface area (Å²) in [6.45, 7) is 7.14. The van der Waals surface area contributed by atoms with Crippen LogP contribution in [0.15, 0.2) is 0 Å². The normalized spacial score (nSPS) is 12.3. The molecule has 1 atom stereocenters. The van der Waals surface area contributed by atoms with Crippen LogP contribution in [0.25, 0.3) is 0 Å². The Balaban J connectivity index is 3.13. The summed E-state index contributed by atoms with van der Waals surface area (Å²) in [6, 6.07) is 0. The molecule has 0 nitrogen and oxygen atoms in total. The highest BCUT2D eigenvalue weighted by Crippen LogP contribution is 2.20. The molecule has 0 radical (unpaired) electrons. The zero-order valence-electron chi connectivity index (χ0n) is 31.2. The van der Waals surface area contributed by atoms with Crippen molar-refractivity contribution in [1.82, 2.24) is 0 Å². The van der Waals surface area contributed by atoms with Gasteiger partial charge in [-0.15, -0.1) is 0 Å². The molecular formula is C43H88. The fraction of sp³-hybridized carbons (Fsp3) is 1.00. The largest absolute Gasteiger partial charge is 0.0654 e. The lowest BCUT2D eigenvalue weighted by molar-refractivity contribution is 0.429. The Bertz CT molecular complexity index is 453. The number of rotatable bonds is 39. The second-order valence-electron chi connectivity index (χ2n) is 15.1. The lowest BCUT2D eigenvalue weighted by Crippen LogP contribution is -1.95. The van der Waals surface area contributed by atoms with Crippen molar-refractivity contribution in [2.24, 2.45) is 5.92 Å². The van der Waals surface area contributed by atoms with E-state index in [1.54, 1.807) is 0 Å². The van der Waals surface area contributed by atoms with E-state index in [-0.39, 0.29) is 0 Å². The molecule has 0 bridgehead atoms. The fourth-order valence-electron chi connectivity index (χ4n) is 7.11. The maximum atomic E-state index is 2.52. The van der Waals surface area contributed by atoms with Gasteiger partial charge in [0.05, 0.1) is 0 Å². The first kappa shape index (κ1) is 43.0. The van der Waals surface area contributed by atoms with Crippen LogP contribution in [0.3, 0.4) is 0 Å². The third kappa shape index (κ3) is 40.0. The first-order valence-electron chi connectivity index (χ1n) is 21.3. The van der Waals surface area contributed by atoms with Gasteiger partial charge >= 0.3 is 0 Å². The van der Waals surface area contributed by atoms with Gasteiger partial charge in [0.1, 0.15) is 0 Å². The van der Waals surface area contributed by atoms with Crippen LogP contribution in [0.2, 0.25) is 0 Å². The standard InChI is InChI=1S/C43H88/c1-4-6-8-10-12-14-16-18-20-22-23-24-26-28-30-32-34-36-38-40-42-43(3)41-39-37-35-33-31-29-27-25-21-19-17-15-13-11-9-7-5-2/h43H,4-42H2,1-3H3. The minimum absolute atomic E-state index is 0.965. The molecule has 0 spiro atoms. The second kappa shape index (κ2) is 40.0. The Morgan fingerprint density at radius 3 is 0.512 bits per heavy atom. The van der Waals surface area contributed by atoms with Crippen molar-refractivity contribution >= 4 is 0 Å². The quantitative estimate of drug-likeness (QED) is 0.0612. The van der Waals surface area contributed by atoms with E-state index in [9.17, 15) is 0 Å². The molecular weight excluding hydrogens is 516 g/mol.